The number of carbonyl (C=O) groups is 2. The van der Waals surface area contributed by atoms with Crippen LogP contribution in [-0.2, 0) is 14.3 Å². The minimum absolute atomic E-state index is 0.395. The highest BCUT2D eigenvalue weighted by Crippen LogP contribution is 2.29. The van der Waals surface area contributed by atoms with Gasteiger partial charge in [-0.05, 0) is 30.5 Å². The number of carbonyl (C=O) groups excluding carboxylic acids is 2. The van der Waals surface area contributed by atoms with Crippen LogP contribution in [0.2, 0.25) is 0 Å². The van der Waals surface area contributed by atoms with E-state index < -0.39 is 17.5 Å². The van der Waals surface area contributed by atoms with Gasteiger partial charge in [-0.25, -0.2) is 9.59 Å². The molecule has 0 aromatic heterocycles. The molecule has 1 unspecified atom stereocenters. The zero-order valence-corrected chi connectivity index (χ0v) is 11.6. The molecule has 0 saturated carbocycles. The van der Waals surface area contributed by atoms with Crippen molar-refractivity contribution in [1.82, 2.24) is 0 Å². The average molecular weight is 274 g/mol. The summed E-state index contributed by atoms with van der Waals surface area (Å²) in [6.07, 6.45) is 3.34. The molecule has 1 aromatic carbocycles. The van der Waals surface area contributed by atoms with Crippen LogP contribution in [0.1, 0.15) is 42.1 Å². The van der Waals surface area contributed by atoms with Crippen LogP contribution in [0.4, 0.5) is 0 Å². The summed E-state index contributed by atoms with van der Waals surface area (Å²) in [5.41, 5.74) is 0.206. The van der Waals surface area contributed by atoms with E-state index in [4.69, 9.17) is 9.47 Å². The quantitative estimate of drug-likeness (QED) is 0.792. The van der Waals surface area contributed by atoms with Crippen molar-refractivity contribution in [3.63, 3.8) is 0 Å². The molecule has 0 amide bonds. The zero-order valence-electron chi connectivity index (χ0n) is 11.6. The van der Waals surface area contributed by atoms with Crippen LogP contribution < -0.4 is 0 Å². The first-order valence-corrected chi connectivity index (χ1v) is 6.74. The molecule has 1 aliphatic rings. The van der Waals surface area contributed by atoms with Gasteiger partial charge in [0.05, 0.1) is 12.2 Å². The Labute approximate surface area is 118 Å². The van der Waals surface area contributed by atoms with Crippen molar-refractivity contribution in [2.45, 2.75) is 31.8 Å². The molecule has 2 rings (SSSR count). The molecule has 0 bridgehead atoms. The molecule has 4 heteroatoms. The third-order valence-corrected chi connectivity index (χ3v) is 3.57. The van der Waals surface area contributed by atoms with E-state index in [0.717, 1.165) is 5.56 Å². The Kier molecular flexibility index (Phi) is 4.23. The maximum Gasteiger partial charge on any atom is 0.350 e. The molecule has 20 heavy (non-hydrogen) atoms. The Morgan fingerprint density at radius 1 is 1.45 bits per heavy atom. The highest BCUT2D eigenvalue weighted by atomic mass is 16.6. The summed E-state index contributed by atoms with van der Waals surface area (Å²) in [6, 6.07) is 6.89. The Balaban J connectivity index is 2.15. The molecular weight excluding hydrogens is 256 g/mol. The first-order valence-electron chi connectivity index (χ1n) is 6.74. The molecule has 1 aliphatic heterocycles. The second-order valence-corrected chi connectivity index (χ2v) is 4.80. The third kappa shape index (κ3) is 2.74. The molecule has 0 N–H and O–H groups in total. The number of benzene rings is 1. The van der Waals surface area contributed by atoms with Crippen molar-refractivity contribution in [3.05, 3.63) is 42.0 Å². The second kappa shape index (κ2) is 5.90. The number of hydrogen-bond donors (Lipinski definition) is 0. The predicted octanol–water partition coefficient (Wildman–Crippen LogP) is 2.97. The molecule has 1 heterocycles. The predicted molar refractivity (Wildman–Crippen MR) is 75.2 cm³/mol. The highest BCUT2D eigenvalue weighted by molar-refractivity contribution is 5.93. The van der Waals surface area contributed by atoms with Crippen molar-refractivity contribution < 1.29 is 19.1 Å². The lowest BCUT2D eigenvalue weighted by molar-refractivity contribution is -0.174. The lowest BCUT2D eigenvalue weighted by Gasteiger charge is -2.33. The first-order chi connectivity index (χ1) is 9.61. The van der Waals surface area contributed by atoms with Gasteiger partial charge in [-0.2, -0.15) is 0 Å². The standard InChI is InChI=1S/C16H18O4/c1-3-12-6-8-13(9-7-12)14(17)20-16(4-2)10-5-11-19-15(16)18/h3,6-9H,1,4-5,10-11H2,2H3. The molecule has 1 aromatic rings. The van der Waals surface area contributed by atoms with Crippen molar-refractivity contribution >= 4 is 18.0 Å². The number of cyclic esters (lactones) is 1. The number of hydrogen-bond acceptors (Lipinski definition) is 4. The minimum atomic E-state index is -1.13. The van der Waals surface area contributed by atoms with Gasteiger partial charge < -0.3 is 9.47 Å². The number of esters is 2. The van der Waals surface area contributed by atoms with Crippen LogP contribution in [0.3, 0.4) is 0 Å². The normalized spacial score (nSPS) is 21.9. The summed E-state index contributed by atoms with van der Waals surface area (Å²) in [5.74, 6) is -0.941. The van der Waals surface area contributed by atoms with Gasteiger partial charge in [-0.3, -0.25) is 0 Å². The van der Waals surface area contributed by atoms with E-state index in [0.29, 0.717) is 31.4 Å². The summed E-state index contributed by atoms with van der Waals surface area (Å²) in [5, 5.41) is 0. The zero-order chi connectivity index (χ0) is 14.6. The van der Waals surface area contributed by atoms with Crippen LogP contribution in [0.15, 0.2) is 30.8 Å². The van der Waals surface area contributed by atoms with E-state index in [9.17, 15) is 9.59 Å². The van der Waals surface area contributed by atoms with Gasteiger partial charge in [0.15, 0.2) is 0 Å². The van der Waals surface area contributed by atoms with Gasteiger partial charge in [0.25, 0.3) is 0 Å². The molecule has 0 radical (unpaired) electrons. The molecule has 0 aliphatic carbocycles. The second-order valence-electron chi connectivity index (χ2n) is 4.80. The fourth-order valence-electron chi connectivity index (χ4n) is 2.23. The van der Waals surface area contributed by atoms with Crippen molar-refractivity contribution in [2.24, 2.45) is 0 Å². The number of rotatable bonds is 4. The molecule has 1 saturated heterocycles. The summed E-state index contributed by atoms with van der Waals surface area (Å²) in [6.45, 7) is 5.87. The van der Waals surface area contributed by atoms with Gasteiger partial charge in [0.1, 0.15) is 0 Å². The monoisotopic (exact) mass is 274 g/mol. The lowest BCUT2D eigenvalue weighted by Crippen LogP contribution is -2.47. The molecule has 0 spiro atoms. The fraction of sp³-hybridized carbons (Fsp3) is 0.375. The minimum Gasteiger partial charge on any atom is -0.463 e. The van der Waals surface area contributed by atoms with Crippen LogP contribution in [0, 0.1) is 0 Å². The Hall–Kier alpha value is -2.10. The van der Waals surface area contributed by atoms with Crippen molar-refractivity contribution in [3.8, 4) is 0 Å². The maximum atomic E-state index is 12.2. The van der Waals surface area contributed by atoms with Gasteiger partial charge in [0.2, 0.25) is 5.60 Å². The van der Waals surface area contributed by atoms with Gasteiger partial charge >= 0.3 is 11.9 Å². The molecule has 4 nitrogen and oxygen atoms in total. The number of ether oxygens (including phenoxy) is 2. The van der Waals surface area contributed by atoms with Gasteiger partial charge in [0, 0.05) is 6.42 Å². The lowest BCUT2D eigenvalue weighted by atomic mass is 9.92. The Morgan fingerprint density at radius 2 is 2.15 bits per heavy atom. The maximum absolute atomic E-state index is 12.2. The average Bonchev–Trinajstić information content (AvgIpc) is 2.49. The Morgan fingerprint density at radius 3 is 2.70 bits per heavy atom. The summed E-state index contributed by atoms with van der Waals surface area (Å²) in [4.78, 5) is 24.1. The summed E-state index contributed by atoms with van der Waals surface area (Å²) in [7, 11) is 0. The van der Waals surface area contributed by atoms with E-state index >= 15 is 0 Å². The Bertz CT molecular complexity index is 518. The van der Waals surface area contributed by atoms with Gasteiger partial charge in [-0.15, -0.1) is 0 Å². The summed E-state index contributed by atoms with van der Waals surface area (Å²) >= 11 is 0. The molecular formula is C16H18O4. The largest absolute Gasteiger partial charge is 0.463 e. The smallest absolute Gasteiger partial charge is 0.350 e. The SMILES string of the molecule is C=Cc1ccc(C(=O)OC2(CC)CCCOC2=O)cc1. The molecule has 1 fully saturated rings. The van der Waals surface area contributed by atoms with Crippen molar-refractivity contribution in [1.29, 1.82) is 0 Å². The van der Waals surface area contributed by atoms with Crippen molar-refractivity contribution in [2.75, 3.05) is 6.61 Å². The topological polar surface area (TPSA) is 52.6 Å². The first kappa shape index (κ1) is 14.3. The van der Waals surface area contributed by atoms with E-state index in [1.807, 2.05) is 6.92 Å². The third-order valence-electron chi connectivity index (χ3n) is 3.57. The summed E-state index contributed by atoms with van der Waals surface area (Å²) < 4.78 is 10.5. The van der Waals surface area contributed by atoms with Crippen LogP contribution in [0.5, 0.6) is 0 Å². The van der Waals surface area contributed by atoms with E-state index in [-0.39, 0.29) is 0 Å². The van der Waals surface area contributed by atoms with Crippen LogP contribution in [0.25, 0.3) is 6.08 Å². The van der Waals surface area contributed by atoms with Gasteiger partial charge in [-0.1, -0.05) is 31.7 Å². The van der Waals surface area contributed by atoms with E-state index in [2.05, 4.69) is 6.58 Å². The van der Waals surface area contributed by atoms with E-state index in [1.165, 1.54) is 0 Å². The van der Waals surface area contributed by atoms with E-state index in [1.54, 1.807) is 30.3 Å². The molecule has 1 atom stereocenters. The highest BCUT2D eigenvalue weighted by Gasteiger charge is 2.44. The van der Waals surface area contributed by atoms with Crippen LogP contribution in [-0.4, -0.2) is 24.1 Å². The fourth-order valence-corrected chi connectivity index (χ4v) is 2.23. The van der Waals surface area contributed by atoms with Crippen LogP contribution >= 0.6 is 0 Å². The molecule has 106 valence electrons.